The van der Waals surface area contributed by atoms with Gasteiger partial charge in [-0.1, -0.05) is 0 Å². The predicted molar refractivity (Wildman–Crippen MR) is 59.8 cm³/mol. The van der Waals surface area contributed by atoms with Crippen molar-refractivity contribution in [2.75, 3.05) is 0 Å². The van der Waals surface area contributed by atoms with Crippen LogP contribution in [0.1, 0.15) is 10.4 Å². The van der Waals surface area contributed by atoms with Crippen LogP contribution in [0.5, 0.6) is 0 Å². The molecular weight excluding hydrogens is 274 g/mol. The van der Waals surface area contributed by atoms with E-state index in [0.29, 0.717) is 0 Å². The van der Waals surface area contributed by atoms with Crippen LogP contribution in [0.3, 0.4) is 0 Å². The maximum atomic E-state index is 12.9. The average molecular weight is 282 g/mol. The summed E-state index contributed by atoms with van der Waals surface area (Å²) in [5.41, 5.74) is 4.00. The summed E-state index contributed by atoms with van der Waals surface area (Å²) in [6.45, 7) is -0.203. The summed E-state index contributed by atoms with van der Waals surface area (Å²) in [7, 11) is 0. The van der Waals surface area contributed by atoms with Crippen LogP contribution in [0, 0.1) is 11.6 Å². The first-order chi connectivity index (χ1) is 9.56. The second kappa shape index (κ2) is 5.82. The number of hydrogen-bond acceptors (Lipinski definition) is 5. The molecule has 2 amide bonds. The van der Waals surface area contributed by atoms with Gasteiger partial charge in [0.25, 0.3) is 11.8 Å². The van der Waals surface area contributed by atoms with Crippen LogP contribution in [0.15, 0.2) is 24.5 Å². The highest BCUT2D eigenvalue weighted by atomic mass is 19.2. The number of amides is 2. The Balaban J connectivity index is 1.88. The highest BCUT2D eigenvalue weighted by molar-refractivity contribution is 5.95. The Bertz CT molecular complexity index is 631. The van der Waals surface area contributed by atoms with Crippen molar-refractivity contribution in [2.45, 2.75) is 6.54 Å². The van der Waals surface area contributed by atoms with Crippen LogP contribution in [0.25, 0.3) is 0 Å². The molecular formula is C10H8F2N6O2. The van der Waals surface area contributed by atoms with E-state index < -0.39 is 23.4 Å². The minimum Gasteiger partial charge on any atom is -0.271 e. The number of halogens is 2. The molecule has 0 radical (unpaired) electrons. The van der Waals surface area contributed by atoms with Crippen molar-refractivity contribution in [2.24, 2.45) is 0 Å². The number of rotatable bonds is 3. The number of aromatic nitrogens is 4. The lowest BCUT2D eigenvalue weighted by Gasteiger charge is -2.07. The summed E-state index contributed by atoms with van der Waals surface area (Å²) in [5, 5.41) is 10.1. The molecule has 0 spiro atoms. The van der Waals surface area contributed by atoms with Crippen LogP contribution in [0.4, 0.5) is 8.78 Å². The summed E-state index contributed by atoms with van der Waals surface area (Å²) in [4.78, 5) is 22.9. The molecule has 0 aliphatic heterocycles. The Kier molecular flexibility index (Phi) is 3.93. The minimum atomic E-state index is -1.15. The van der Waals surface area contributed by atoms with Crippen molar-refractivity contribution in [3.8, 4) is 0 Å². The number of carbonyl (C=O) groups is 2. The summed E-state index contributed by atoms with van der Waals surface area (Å²) < 4.78 is 26.8. The van der Waals surface area contributed by atoms with Crippen molar-refractivity contribution in [1.82, 2.24) is 31.1 Å². The molecule has 0 saturated carbocycles. The third-order valence-corrected chi connectivity index (χ3v) is 2.19. The van der Waals surface area contributed by atoms with E-state index >= 15 is 0 Å². The van der Waals surface area contributed by atoms with Gasteiger partial charge in [0.1, 0.15) is 12.9 Å². The molecule has 0 unspecified atom stereocenters. The van der Waals surface area contributed by atoms with Gasteiger partial charge in [0.2, 0.25) is 0 Å². The predicted octanol–water partition coefficient (Wildman–Crippen LogP) is -0.588. The van der Waals surface area contributed by atoms with Crippen molar-refractivity contribution in [3.63, 3.8) is 0 Å². The third-order valence-electron chi connectivity index (χ3n) is 2.19. The maximum absolute atomic E-state index is 12.9. The molecule has 0 bridgehead atoms. The SMILES string of the molecule is O=C(Cn1cnnn1)NNC(=O)c1ccc(F)c(F)c1. The molecule has 0 fully saturated rings. The zero-order valence-corrected chi connectivity index (χ0v) is 9.88. The van der Waals surface area contributed by atoms with E-state index in [-0.39, 0.29) is 12.1 Å². The molecule has 2 N–H and O–H groups in total. The molecule has 1 heterocycles. The normalized spacial score (nSPS) is 10.1. The number of hydrazine groups is 1. The fourth-order valence-electron chi connectivity index (χ4n) is 1.28. The van der Waals surface area contributed by atoms with Gasteiger partial charge in [0.05, 0.1) is 0 Å². The Hall–Kier alpha value is -2.91. The number of carbonyl (C=O) groups excluding carboxylic acids is 2. The molecule has 10 heteroatoms. The second-order valence-electron chi connectivity index (χ2n) is 3.64. The largest absolute Gasteiger partial charge is 0.271 e. The van der Waals surface area contributed by atoms with Crippen LogP contribution >= 0.6 is 0 Å². The monoisotopic (exact) mass is 282 g/mol. The van der Waals surface area contributed by atoms with Crippen LogP contribution in [-0.4, -0.2) is 32.0 Å². The van der Waals surface area contributed by atoms with Gasteiger partial charge in [-0.2, -0.15) is 0 Å². The minimum absolute atomic E-state index is 0.133. The molecule has 2 rings (SSSR count). The Labute approximate surface area is 110 Å². The van der Waals surface area contributed by atoms with E-state index in [2.05, 4.69) is 21.0 Å². The second-order valence-corrected chi connectivity index (χ2v) is 3.64. The molecule has 8 nitrogen and oxygen atoms in total. The van der Waals surface area contributed by atoms with Crippen LogP contribution in [0.2, 0.25) is 0 Å². The molecule has 104 valence electrons. The van der Waals surface area contributed by atoms with Crippen LogP contribution in [-0.2, 0) is 11.3 Å². The smallest absolute Gasteiger partial charge is 0.269 e. The zero-order chi connectivity index (χ0) is 14.5. The highest BCUT2D eigenvalue weighted by Crippen LogP contribution is 2.08. The fourth-order valence-corrected chi connectivity index (χ4v) is 1.28. The first-order valence-electron chi connectivity index (χ1n) is 5.31. The summed E-state index contributed by atoms with van der Waals surface area (Å²) in [5.74, 6) is -3.59. The van der Waals surface area contributed by atoms with Gasteiger partial charge >= 0.3 is 0 Å². The molecule has 20 heavy (non-hydrogen) atoms. The van der Waals surface area contributed by atoms with Gasteiger partial charge in [0, 0.05) is 5.56 Å². The van der Waals surface area contributed by atoms with Gasteiger partial charge in [0.15, 0.2) is 11.6 Å². The molecule has 0 atom stereocenters. The number of nitrogens with zero attached hydrogens (tertiary/aromatic N) is 4. The van der Waals surface area contributed by atoms with Gasteiger partial charge in [-0.15, -0.1) is 5.10 Å². The first kappa shape index (κ1) is 13.5. The van der Waals surface area contributed by atoms with E-state index in [1.807, 2.05) is 5.43 Å². The Morgan fingerprint density at radius 1 is 1.20 bits per heavy atom. The molecule has 2 aromatic rings. The van der Waals surface area contributed by atoms with Crippen LogP contribution < -0.4 is 10.9 Å². The number of benzene rings is 1. The van der Waals surface area contributed by atoms with Gasteiger partial charge in [-0.05, 0) is 28.6 Å². The maximum Gasteiger partial charge on any atom is 0.269 e. The van der Waals surface area contributed by atoms with Crippen molar-refractivity contribution in [1.29, 1.82) is 0 Å². The van der Waals surface area contributed by atoms with E-state index in [1.165, 1.54) is 6.33 Å². The Morgan fingerprint density at radius 2 is 2.00 bits per heavy atom. The standard InChI is InChI=1S/C10H8F2N6O2/c11-7-2-1-6(3-8(7)12)10(20)15-14-9(19)4-18-5-13-16-17-18/h1-3,5H,4H2,(H,14,19)(H,15,20). The molecule has 1 aromatic carbocycles. The molecule has 1 aromatic heterocycles. The average Bonchev–Trinajstić information content (AvgIpc) is 2.92. The lowest BCUT2D eigenvalue weighted by Crippen LogP contribution is -2.43. The van der Waals surface area contributed by atoms with Crippen molar-refractivity contribution >= 4 is 11.8 Å². The number of nitrogens with one attached hydrogen (secondary N) is 2. The fraction of sp³-hybridized carbons (Fsp3) is 0.100. The number of hydrogen-bond donors (Lipinski definition) is 2. The third kappa shape index (κ3) is 3.31. The summed E-state index contributed by atoms with van der Waals surface area (Å²) in [6, 6.07) is 2.62. The summed E-state index contributed by atoms with van der Waals surface area (Å²) >= 11 is 0. The highest BCUT2D eigenvalue weighted by Gasteiger charge is 2.11. The first-order valence-corrected chi connectivity index (χ1v) is 5.31. The quantitative estimate of drug-likeness (QED) is 0.733. The molecule has 0 saturated heterocycles. The zero-order valence-electron chi connectivity index (χ0n) is 9.88. The molecule has 0 aliphatic carbocycles. The number of tetrazole rings is 1. The topological polar surface area (TPSA) is 102 Å². The molecule has 0 aliphatic rings. The van der Waals surface area contributed by atoms with Crippen molar-refractivity contribution in [3.05, 3.63) is 41.7 Å². The lowest BCUT2D eigenvalue weighted by atomic mass is 10.2. The Morgan fingerprint density at radius 3 is 2.65 bits per heavy atom. The van der Waals surface area contributed by atoms with E-state index in [9.17, 15) is 18.4 Å². The van der Waals surface area contributed by atoms with E-state index in [0.717, 1.165) is 22.9 Å². The summed E-state index contributed by atoms with van der Waals surface area (Å²) in [6.07, 6.45) is 1.22. The van der Waals surface area contributed by atoms with Gasteiger partial charge in [-0.25, -0.2) is 13.5 Å². The van der Waals surface area contributed by atoms with Gasteiger partial charge < -0.3 is 0 Å². The van der Waals surface area contributed by atoms with E-state index in [1.54, 1.807) is 0 Å². The lowest BCUT2D eigenvalue weighted by molar-refractivity contribution is -0.122. The van der Waals surface area contributed by atoms with E-state index in [4.69, 9.17) is 0 Å². The van der Waals surface area contributed by atoms with Gasteiger partial charge in [-0.3, -0.25) is 20.4 Å². The van der Waals surface area contributed by atoms with Crippen molar-refractivity contribution < 1.29 is 18.4 Å².